The number of halogens is 8. The first kappa shape index (κ1) is 30.8. The average molecular weight is 571 g/mol. The molecule has 4 rings (SSSR count). The largest absolute Gasteiger partial charge is 0.416 e. The van der Waals surface area contributed by atoms with Crippen LogP contribution in [0.4, 0.5) is 26.3 Å². The number of nitrogens with one attached hydrogen (secondary N) is 1. The third-order valence-electron chi connectivity index (χ3n) is 6.24. The van der Waals surface area contributed by atoms with Gasteiger partial charge in [-0.3, -0.25) is 9.69 Å². The summed E-state index contributed by atoms with van der Waals surface area (Å²) in [6, 6.07) is 8.09. The molecule has 0 bridgehead atoms. The zero-order valence-electron chi connectivity index (χ0n) is 19.4. The lowest BCUT2D eigenvalue weighted by Crippen LogP contribution is -2.56. The number of rotatable bonds is 5. The van der Waals surface area contributed by atoms with Gasteiger partial charge in [-0.05, 0) is 36.2 Å². The van der Waals surface area contributed by atoms with E-state index in [9.17, 15) is 31.1 Å². The van der Waals surface area contributed by atoms with E-state index in [4.69, 9.17) is 5.73 Å². The number of carbonyl (C=O) groups is 1. The molecule has 3 aromatic rings. The lowest BCUT2D eigenvalue weighted by molar-refractivity contribution is -0.143. The summed E-state index contributed by atoms with van der Waals surface area (Å²) in [7, 11) is 0. The van der Waals surface area contributed by atoms with Gasteiger partial charge in [0.2, 0.25) is 0 Å². The Kier molecular flexibility index (Phi) is 9.92. The molecule has 1 aromatic heterocycles. The molecule has 0 unspecified atom stereocenters. The van der Waals surface area contributed by atoms with Crippen molar-refractivity contribution in [3.63, 3.8) is 0 Å². The summed E-state index contributed by atoms with van der Waals surface area (Å²) in [5, 5.41) is 0.939. The first-order valence-corrected chi connectivity index (χ1v) is 11.0. The number of H-pyrrole nitrogens is 1. The minimum atomic E-state index is -5.03. The zero-order chi connectivity index (χ0) is 25.4. The van der Waals surface area contributed by atoms with Crippen LogP contribution in [0.2, 0.25) is 0 Å². The van der Waals surface area contributed by atoms with Crippen LogP contribution in [0.25, 0.3) is 10.9 Å². The Morgan fingerprint density at radius 3 is 2.19 bits per heavy atom. The molecule has 3 N–H and O–H groups in total. The Balaban J connectivity index is 0.00000241. The summed E-state index contributed by atoms with van der Waals surface area (Å²) in [5.74, 6) is -0.862. The second-order valence-corrected chi connectivity index (χ2v) is 8.60. The number of alkyl halides is 6. The highest BCUT2D eigenvalue weighted by atomic mass is 35.5. The molecule has 1 amide bonds. The van der Waals surface area contributed by atoms with Gasteiger partial charge in [0, 0.05) is 61.4 Å². The molecule has 1 fully saturated rings. The molecule has 13 heteroatoms. The van der Waals surface area contributed by atoms with Crippen molar-refractivity contribution >= 4 is 41.6 Å². The highest BCUT2D eigenvalue weighted by molar-refractivity contribution is 5.95. The van der Waals surface area contributed by atoms with Crippen LogP contribution < -0.4 is 5.73 Å². The van der Waals surface area contributed by atoms with E-state index < -0.39 is 41.0 Å². The minimum Gasteiger partial charge on any atom is -0.361 e. The Morgan fingerprint density at radius 2 is 1.59 bits per heavy atom. The number of benzene rings is 2. The Hall–Kier alpha value is -2.47. The van der Waals surface area contributed by atoms with Crippen molar-refractivity contribution < 1.29 is 31.1 Å². The molecule has 0 saturated carbocycles. The number of aromatic amines is 1. The van der Waals surface area contributed by atoms with Crippen LogP contribution in [0, 0.1) is 0 Å². The molecule has 5 nitrogen and oxygen atoms in total. The van der Waals surface area contributed by atoms with E-state index in [2.05, 4.69) is 4.98 Å². The molecule has 1 atom stereocenters. The van der Waals surface area contributed by atoms with Gasteiger partial charge in [0.25, 0.3) is 5.91 Å². The van der Waals surface area contributed by atoms with Gasteiger partial charge in [-0.1, -0.05) is 18.2 Å². The fourth-order valence-corrected chi connectivity index (χ4v) is 4.55. The van der Waals surface area contributed by atoms with Gasteiger partial charge in [-0.2, -0.15) is 26.3 Å². The number of aromatic nitrogens is 1. The van der Waals surface area contributed by atoms with Crippen molar-refractivity contribution in [2.45, 2.75) is 24.8 Å². The molecule has 37 heavy (non-hydrogen) atoms. The van der Waals surface area contributed by atoms with E-state index >= 15 is 0 Å². The summed E-state index contributed by atoms with van der Waals surface area (Å²) >= 11 is 0. The second-order valence-electron chi connectivity index (χ2n) is 8.60. The van der Waals surface area contributed by atoms with Gasteiger partial charge in [-0.25, -0.2) is 0 Å². The van der Waals surface area contributed by atoms with Crippen LogP contribution in [0.1, 0.15) is 27.0 Å². The molecule has 1 saturated heterocycles. The summed E-state index contributed by atoms with van der Waals surface area (Å²) < 4.78 is 80.0. The topological polar surface area (TPSA) is 65.4 Å². The number of nitrogens with two attached hydrogens (primary N) is 1. The Labute approximate surface area is 221 Å². The predicted molar refractivity (Wildman–Crippen MR) is 133 cm³/mol. The normalized spacial score (nSPS) is 16.8. The van der Waals surface area contributed by atoms with Crippen LogP contribution in [0.5, 0.6) is 0 Å². The first-order valence-electron chi connectivity index (χ1n) is 11.0. The van der Waals surface area contributed by atoms with Crippen LogP contribution in [0.15, 0.2) is 48.7 Å². The monoisotopic (exact) mass is 570 g/mol. The summed E-state index contributed by atoms with van der Waals surface area (Å²) in [4.78, 5) is 19.9. The standard InChI is InChI=1S/C24H24F6N4O.2ClH/c25-23(26,27)17-9-15(10-18(12-17)24(28,29)30)22(35)34-8-7-33(6-5-31)14-19(34)11-16-13-32-21-4-2-1-3-20(16)21;;/h1-4,9-10,12-13,19,32H,5-8,11,14,31H2;2*1H/t19-;;/m1../s1. The number of carbonyl (C=O) groups excluding carboxylic acids is 1. The number of hydrogen-bond acceptors (Lipinski definition) is 3. The fourth-order valence-electron chi connectivity index (χ4n) is 4.55. The summed E-state index contributed by atoms with van der Waals surface area (Å²) in [6.07, 6.45) is -7.87. The lowest BCUT2D eigenvalue weighted by Gasteiger charge is -2.41. The van der Waals surface area contributed by atoms with Crippen LogP contribution in [0.3, 0.4) is 0 Å². The minimum absolute atomic E-state index is 0. The molecule has 1 aliphatic rings. The quantitative estimate of drug-likeness (QED) is 0.405. The summed E-state index contributed by atoms with van der Waals surface area (Å²) in [5.41, 5.74) is 3.81. The maximum absolute atomic E-state index is 13.4. The van der Waals surface area contributed by atoms with Crippen molar-refractivity contribution in [2.24, 2.45) is 5.73 Å². The fraction of sp³-hybridized carbons (Fsp3) is 0.375. The number of para-hydroxylation sites is 1. The molecule has 0 radical (unpaired) electrons. The van der Waals surface area contributed by atoms with Crippen LogP contribution in [-0.4, -0.2) is 59.5 Å². The zero-order valence-corrected chi connectivity index (χ0v) is 21.0. The maximum Gasteiger partial charge on any atom is 0.416 e. The molecule has 2 aromatic carbocycles. The number of hydrogen-bond donors (Lipinski definition) is 2. The predicted octanol–water partition coefficient (Wildman–Crippen LogP) is 5.38. The highest BCUT2D eigenvalue weighted by Gasteiger charge is 2.39. The van der Waals surface area contributed by atoms with Crippen molar-refractivity contribution in [1.29, 1.82) is 0 Å². The van der Waals surface area contributed by atoms with Gasteiger partial charge in [0.1, 0.15) is 0 Å². The second kappa shape index (κ2) is 11.9. The van der Waals surface area contributed by atoms with Gasteiger partial charge in [0.15, 0.2) is 0 Å². The smallest absolute Gasteiger partial charge is 0.361 e. The van der Waals surface area contributed by atoms with Gasteiger partial charge < -0.3 is 15.6 Å². The average Bonchev–Trinajstić information content (AvgIpc) is 3.20. The Morgan fingerprint density at radius 1 is 0.973 bits per heavy atom. The van der Waals surface area contributed by atoms with E-state index in [1.807, 2.05) is 29.2 Å². The Bertz CT molecular complexity index is 1180. The molecular weight excluding hydrogens is 545 g/mol. The van der Waals surface area contributed by atoms with E-state index in [0.717, 1.165) is 16.5 Å². The highest BCUT2D eigenvalue weighted by Crippen LogP contribution is 2.37. The van der Waals surface area contributed by atoms with Gasteiger partial charge >= 0.3 is 12.4 Å². The molecule has 0 spiro atoms. The molecule has 1 aliphatic heterocycles. The van der Waals surface area contributed by atoms with E-state index in [1.54, 1.807) is 6.20 Å². The van der Waals surface area contributed by atoms with E-state index in [1.165, 1.54) is 4.90 Å². The molecule has 2 heterocycles. The number of piperazine rings is 1. The maximum atomic E-state index is 13.4. The molecule has 204 valence electrons. The van der Waals surface area contributed by atoms with Crippen LogP contribution in [-0.2, 0) is 18.8 Å². The summed E-state index contributed by atoms with van der Waals surface area (Å²) in [6.45, 7) is 1.92. The number of fused-ring (bicyclic) bond motifs is 1. The van der Waals surface area contributed by atoms with Crippen molar-refractivity contribution in [3.8, 4) is 0 Å². The lowest BCUT2D eigenvalue weighted by atomic mass is 9.98. The third-order valence-corrected chi connectivity index (χ3v) is 6.24. The van der Waals surface area contributed by atoms with Crippen molar-refractivity contribution in [1.82, 2.24) is 14.8 Å². The van der Waals surface area contributed by atoms with E-state index in [0.29, 0.717) is 44.7 Å². The van der Waals surface area contributed by atoms with Crippen molar-refractivity contribution in [3.05, 3.63) is 70.9 Å². The molecular formula is C24H26Cl2F6N4O. The number of amides is 1. The third kappa shape index (κ3) is 6.90. The van der Waals surface area contributed by atoms with Gasteiger partial charge in [0.05, 0.1) is 11.1 Å². The van der Waals surface area contributed by atoms with Gasteiger partial charge in [-0.15, -0.1) is 24.8 Å². The van der Waals surface area contributed by atoms with Crippen molar-refractivity contribution in [2.75, 3.05) is 32.7 Å². The van der Waals surface area contributed by atoms with Crippen LogP contribution >= 0.6 is 24.8 Å². The first-order chi connectivity index (χ1) is 16.5. The SMILES string of the molecule is Cl.Cl.NCCN1CCN(C(=O)c2cc(C(F)(F)F)cc(C(F)(F)F)c2)[C@H](Cc2c[nH]c3ccccc23)C1. The van der Waals surface area contributed by atoms with E-state index in [-0.39, 0.29) is 37.4 Å². The molecule has 0 aliphatic carbocycles. The number of nitrogens with zero attached hydrogens (tertiary/aromatic N) is 2.